The third kappa shape index (κ3) is 5.58. The predicted molar refractivity (Wildman–Crippen MR) is 179 cm³/mol. The standard InChI is InChI=1S/C20H23NO4.C18H23NO4/c22-13-4-3-12-9-15-20(24)6-5-14(23)18-19(20,16(12)17(13)25-18)7-8-21(15)10-11-1-2-11;1-22-17-8-3-13(11-18(17)23-2)9-10-19-12-16(21)14-4-6-15(20)7-5-14/h3-4,11,15,18,22,24H,1-2,5-10H2;3-8,11,16,19-21H,9-10,12H2,1-2H3/t15-,18+,19+,20-;16-/m10/s1. The summed E-state index contributed by atoms with van der Waals surface area (Å²) in [4.78, 5) is 15.2. The largest absolute Gasteiger partial charge is 0.508 e. The molecular formula is C38H46N2O8. The number of ether oxygens (including phenoxy) is 3. The summed E-state index contributed by atoms with van der Waals surface area (Å²) in [7, 11) is 3.23. The van der Waals surface area contributed by atoms with E-state index in [4.69, 9.17) is 14.2 Å². The molecule has 0 radical (unpaired) electrons. The maximum atomic E-state index is 12.7. The number of aliphatic hydroxyl groups is 2. The van der Waals surface area contributed by atoms with Gasteiger partial charge in [-0.2, -0.15) is 0 Å². The number of carbonyl (C=O) groups excluding carboxylic acids is 1. The zero-order chi connectivity index (χ0) is 33.6. The highest BCUT2D eigenvalue weighted by atomic mass is 16.5. The number of aromatic hydroxyl groups is 2. The number of likely N-dealkylation sites (tertiary alicyclic amines) is 1. The molecule has 5 atom stereocenters. The molecule has 0 amide bonds. The number of carbonyl (C=O) groups is 1. The van der Waals surface area contributed by atoms with Crippen LogP contribution in [-0.4, -0.2) is 89.3 Å². The highest BCUT2D eigenvalue weighted by Gasteiger charge is 2.73. The second kappa shape index (κ2) is 12.9. The molecule has 5 aliphatic rings. The molecule has 5 N–H and O–H groups in total. The minimum Gasteiger partial charge on any atom is -0.508 e. The molecule has 2 bridgehead atoms. The van der Waals surface area contributed by atoms with E-state index < -0.39 is 23.2 Å². The molecular weight excluding hydrogens is 612 g/mol. The molecule has 256 valence electrons. The second-order valence-corrected chi connectivity index (χ2v) is 14.0. The number of methoxy groups -OCH3 is 2. The van der Waals surface area contributed by atoms with Crippen molar-refractivity contribution in [3.8, 4) is 28.7 Å². The smallest absolute Gasteiger partial charge is 0.174 e. The number of nitrogens with one attached hydrogen (secondary N) is 1. The van der Waals surface area contributed by atoms with Gasteiger partial charge in [-0.1, -0.05) is 24.3 Å². The first kappa shape index (κ1) is 32.7. The van der Waals surface area contributed by atoms with Gasteiger partial charge in [0.05, 0.1) is 31.3 Å². The molecule has 8 rings (SSSR count). The van der Waals surface area contributed by atoms with Crippen LogP contribution in [0.4, 0.5) is 0 Å². The molecule has 3 aromatic carbocycles. The minimum absolute atomic E-state index is 0.0454. The third-order valence-electron chi connectivity index (χ3n) is 11.2. The molecule has 10 nitrogen and oxygen atoms in total. The summed E-state index contributed by atoms with van der Waals surface area (Å²) in [6, 6.07) is 16.1. The lowest BCUT2D eigenvalue weighted by molar-refractivity contribution is -0.188. The zero-order valence-corrected chi connectivity index (χ0v) is 27.7. The van der Waals surface area contributed by atoms with Crippen molar-refractivity contribution in [2.45, 2.75) is 74.2 Å². The van der Waals surface area contributed by atoms with Gasteiger partial charge in [0.15, 0.2) is 34.9 Å². The monoisotopic (exact) mass is 658 g/mol. The van der Waals surface area contributed by atoms with Crippen LogP contribution in [0.2, 0.25) is 0 Å². The Morgan fingerprint density at radius 1 is 1.02 bits per heavy atom. The lowest BCUT2D eigenvalue weighted by Crippen LogP contribution is -2.76. The fraction of sp³-hybridized carbons (Fsp3) is 0.500. The van der Waals surface area contributed by atoms with Gasteiger partial charge >= 0.3 is 0 Å². The quantitative estimate of drug-likeness (QED) is 0.204. The molecule has 1 spiro atoms. The van der Waals surface area contributed by atoms with E-state index in [0.717, 1.165) is 67.1 Å². The Bertz CT molecular complexity index is 1660. The Morgan fingerprint density at radius 2 is 1.79 bits per heavy atom. The van der Waals surface area contributed by atoms with Crippen molar-refractivity contribution in [1.82, 2.24) is 10.2 Å². The number of rotatable bonds is 10. The average molecular weight is 659 g/mol. The van der Waals surface area contributed by atoms with E-state index in [1.165, 1.54) is 12.8 Å². The Hall–Kier alpha value is -3.83. The van der Waals surface area contributed by atoms with Crippen LogP contribution in [0.5, 0.6) is 28.7 Å². The van der Waals surface area contributed by atoms with Gasteiger partial charge in [0, 0.05) is 31.1 Å². The molecule has 48 heavy (non-hydrogen) atoms. The van der Waals surface area contributed by atoms with Crippen molar-refractivity contribution < 1.29 is 39.4 Å². The van der Waals surface area contributed by atoms with E-state index >= 15 is 0 Å². The van der Waals surface area contributed by atoms with Crippen LogP contribution in [0.3, 0.4) is 0 Å². The van der Waals surface area contributed by atoms with Crippen molar-refractivity contribution in [1.29, 1.82) is 0 Å². The Labute approximate surface area is 281 Å². The summed E-state index contributed by atoms with van der Waals surface area (Å²) in [6.45, 7) is 3.15. The fourth-order valence-electron chi connectivity index (χ4n) is 8.59. The Kier molecular flexibility index (Phi) is 8.78. The van der Waals surface area contributed by atoms with E-state index in [2.05, 4.69) is 10.2 Å². The highest BCUT2D eigenvalue weighted by Crippen LogP contribution is 2.64. The first-order valence-corrected chi connectivity index (χ1v) is 17.1. The van der Waals surface area contributed by atoms with E-state index in [0.29, 0.717) is 36.6 Å². The van der Waals surface area contributed by atoms with E-state index in [1.54, 1.807) is 44.6 Å². The molecule has 2 aliphatic heterocycles. The van der Waals surface area contributed by atoms with Crippen LogP contribution in [-0.2, 0) is 23.1 Å². The summed E-state index contributed by atoms with van der Waals surface area (Å²) in [5, 5.41) is 44.8. The molecule has 1 saturated heterocycles. The zero-order valence-electron chi connectivity index (χ0n) is 27.7. The topological polar surface area (TPSA) is 141 Å². The molecule has 0 unspecified atom stereocenters. The summed E-state index contributed by atoms with van der Waals surface area (Å²) in [5.41, 5.74) is 2.37. The number of aliphatic hydroxyl groups excluding tert-OH is 1. The summed E-state index contributed by atoms with van der Waals surface area (Å²) < 4.78 is 16.5. The number of piperidine rings is 1. The maximum absolute atomic E-state index is 12.7. The minimum atomic E-state index is -0.940. The molecule has 2 saturated carbocycles. The predicted octanol–water partition coefficient (Wildman–Crippen LogP) is 3.80. The van der Waals surface area contributed by atoms with Gasteiger partial charge in [-0.15, -0.1) is 0 Å². The van der Waals surface area contributed by atoms with Crippen molar-refractivity contribution in [3.63, 3.8) is 0 Å². The number of nitrogens with zero attached hydrogens (tertiary/aromatic N) is 1. The first-order valence-electron chi connectivity index (χ1n) is 17.1. The van der Waals surface area contributed by atoms with E-state index in [1.807, 2.05) is 24.3 Å². The van der Waals surface area contributed by atoms with Gasteiger partial charge in [-0.3, -0.25) is 9.69 Å². The number of phenols is 2. The van der Waals surface area contributed by atoms with Crippen LogP contribution in [0.15, 0.2) is 54.6 Å². The molecule has 3 aromatic rings. The second-order valence-electron chi connectivity index (χ2n) is 14.0. The molecule has 10 heteroatoms. The van der Waals surface area contributed by atoms with Crippen molar-refractivity contribution in [2.24, 2.45) is 5.92 Å². The van der Waals surface area contributed by atoms with Gasteiger partial charge < -0.3 is 40.0 Å². The number of Topliss-reactive ketones (excluding diaryl/α,β-unsaturated/α-hetero) is 1. The number of hydrogen-bond acceptors (Lipinski definition) is 10. The SMILES string of the molecule is COc1ccc(CCNC[C@H](O)c2ccc(O)cc2)cc1OC.O=C1CC[C@@]2(O)[C@H]3Cc4ccc(O)c5c4[C@@]2(CCN3CC2CC2)[C@H]1O5. The molecule has 3 aliphatic carbocycles. The summed E-state index contributed by atoms with van der Waals surface area (Å²) in [5.74, 6) is 3.02. The molecule has 3 fully saturated rings. The van der Waals surface area contributed by atoms with Crippen molar-refractivity contribution in [3.05, 3.63) is 76.9 Å². The normalized spacial score (nSPS) is 27.3. The van der Waals surface area contributed by atoms with Gasteiger partial charge in [0.25, 0.3) is 0 Å². The Morgan fingerprint density at radius 3 is 2.52 bits per heavy atom. The van der Waals surface area contributed by atoms with Crippen LogP contribution in [0, 0.1) is 5.92 Å². The summed E-state index contributed by atoms with van der Waals surface area (Å²) in [6.07, 6.45) is 4.55. The number of hydrogen-bond donors (Lipinski definition) is 5. The van der Waals surface area contributed by atoms with Crippen LogP contribution >= 0.6 is 0 Å². The third-order valence-corrected chi connectivity index (χ3v) is 11.2. The molecule has 0 aromatic heterocycles. The average Bonchev–Trinajstić information content (AvgIpc) is 3.84. The van der Waals surface area contributed by atoms with Gasteiger partial charge in [0.1, 0.15) is 5.75 Å². The number of benzene rings is 3. The van der Waals surface area contributed by atoms with Gasteiger partial charge in [-0.25, -0.2) is 0 Å². The van der Waals surface area contributed by atoms with Gasteiger partial charge in [0.2, 0.25) is 0 Å². The summed E-state index contributed by atoms with van der Waals surface area (Å²) >= 11 is 0. The van der Waals surface area contributed by atoms with Crippen LogP contribution in [0.1, 0.15) is 60.5 Å². The van der Waals surface area contributed by atoms with Crippen LogP contribution in [0.25, 0.3) is 0 Å². The van der Waals surface area contributed by atoms with E-state index in [9.17, 15) is 25.2 Å². The lowest BCUT2D eigenvalue weighted by Gasteiger charge is -2.62. The fourth-order valence-corrected chi connectivity index (χ4v) is 8.59. The maximum Gasteiger partial charge on any atom is 0.174 e. The van der Waals surface area contributed by atoms with Crippen molar-refractivity contribution >= 4 is 5.78 Å². The molecule has 2 heterocycles. The van der Waals surface area contributed by atoms with Gasteiger partial charge in [-0.05, 0) is 105 Å². The first-order chi connectivity index (χ1) is 23.2. The van der Waals surface area contributed by atoms with E-state index in [-0.39, 0.29) is 23.3 Å². The van der Waals surface area contributed by atoms with Crippen LogP contribution < -0.4 is 19.5 Å². The number of phenolic OH excluding ortho intramolecular Hbond substituents is 2. The Balaban J connectivity index is 0.000000153. The number of ketones is 1. The van der Waals surface area contributed by atoms with Crippen molar-refractivity contribution in [2.75, 3.05) is 40.4 Å². The highest BCUT2D eigenvalue weighted by molar-refractivity contribution is 5.90. The lowest BCUT2D eigenvalue weighted by atomic mass is 9.49.